The summed E-state index contributed by atoms with van der Waals surface area (Å²) in [6.07, 6.45) is -0.761. The molecule has 6 heteroatoms. The van der Waals surface area contributed by atoms with Gasteiger partial charge in [-0.2, -0.15) is 13.2 Å². The lowest BCUT2D eigenvalue weighted by molar-refractivity contribution is -0.168. The Morgan fingerprint density at radius 1 is 1.17 bits per heavy atom. The topological polar surface area (TPSA) is 17.8 Å². The normalized spacial score (nSPS) is 15.3. The quantitative estimate of drug-likeness (QED) is 0.775. The van der Waals surface area contributed by atoms with Gasteiger partial charge in [0.2, 0.25) is 0 Å². The van der Waals surface area contributed by atoms with Crippen LogP contribution in [0.3, 0.4) is 0 Å². The van der Waals surface area contributed by atoms with Crippen LogP contribution in [0.2, 0.25) is 0 Å². The van der Waals surface area contributed by atoms with E-state index in [2.05, 4.69) is 4.98 Å². The standard InChI is InChI=1S/C12H10ClF3N2/c13-10(9-4-2-1-3-5-9)11(12(14,15)16)18-7-6-17-8-18/h1-8,10-11H. The van der Waals surface area contributed by atoms with Crippen LogP contribution >= 0.6 is 11.6 Å². The van der Waals surface area contributed by atoms with Gasteiger partial charge in [0, 0.05) is 12.4 Å². The molecule has 0 spiro atoms. The minimum absolute atomic E-state index is 0.426. The minimum atomic E-state index is -4.44. The maximum atomic E-state index is 13.1. The molecule has 1 aromatic carbocycles. The maximum Gasteiger partial charge on any atom is 0.410 e. The lowest BCUT2D eigenvalue weighted by atomic mass is 10.0. The predicted octanol–water partition coefficient (Wildman–Crippen LogP) is 3.97. The number of imidazole rings is 1. The van der Waals surface area contributed by atoms with Gasteiger partial charge in [0.25, 0.3) is 0 Å². The van der Waals surface area contributed by atoms with Gasteiger partial charge in [0.1, 0.15) is 0 Å². The molecule has 0 saturated carbocycles. The van der Waals surface area contributed by atoms with Crippen LogP contribution in [0.25, 0.3) is 0 Å². The summed E-state index contributed by atoms with van der Waals surface area (Å²) >= 11 is 5.98. The number of halogens is 4. The largest absolute Gasteiger partial charge is 0.410 e. The number of aromatic nitrogens is 2. The van der Waals surface area contributed by atoms with Crippen molar-refractivity contribution < 1.29 is 13.2 Å². The third-order valence-electron chi connectivity index (χ3n) is 2.58. The van der Waals surface area contributed by atoms with E-state index in [1.807, 2.05) is 0 Å². The summed E-state index contributed by atoms with van der Waals surface area (Å²) < 4.78 is 40.2. The summed E-state index contributed by atoms with van der Waals surface area (Å²) in [5, 5.41) is -1.19. The van der Waals surface area contributed by atoms with E-state index >= 15 is 0 Å². The van der Waals surface area contributed by atoms with E-state index in [0.717, 1.165) is 10.9 Å². The van der Waals surface area contributed by atoms with E-state index < -0.39 is 17.6 Å². The zero-order valence-corrected chi connectivity index (χ0v) is 9.94. The van der Waals surface area contributed by atoms with Crippen LogP contribution in [0.15, 0.2) is 49.1 Å². The number of nitrogens with zero attached hydrogens (tertiary/aromatic N) is 2. The van der Waals surface area contributed by atoms with Gasteiger partial charge >= 0.3 is 6.18 Å². The highest BCUT2D eigenvalue weighted by molar-refractivity contribution is 6.21. The Balaban J connectivity index is 2.37. The van der Waals surface area contributed by atoms with E-state index in [9.17, 15) is 13.2 Å². The van der Waals surface area contributed by atoms with Crippen LogP contribution in [0.1, 0.15) is 17.0 Å². The Morgan fingerprint density at radius 2 is 1.83 bits per heavy atom. The summed E-state index contributed by atoms with van der Waals surface area (Å²) in [5.74, 6) is 0. The first-order chi connectivity index (χ1) is 8.50. The van der Waals surface area contributed by atoms with Gasteiger partial charge in [0.15, 0.2) is 6.04 Å². The van der Waals surface area contributed by atoms with Crippen LogP contribution in [0.5, 0.6) is 0 Å². The van der Waals surface area contributed by atoms with E-state index in [1.165, 1.54) is 12.4 Å². The van der Waals surface area contributed by atoms with Crippen molar-refractivity contribution in [2.45, 2.75) is 17.6 Å². The monoisotopic (exact) mass is 274 g/mol. The smallest absolute Gasteiger partial charge is 0.323 e. The molecule has 96 valence electrons. The fraction of sp³-hybridized carbons (Fsp3) is 0.250. The van der Waals surface area contributed by atoms with Crippen molar-refractivity contribution in [3.8, 4) is 0 Å². The summed E-state index contributed by atoms with van der Waals surface area (Å²) in [6.45, 7) is 0. The lowest BCUT2D eigenvalue weighted by Crippen LogP contribution is -2.29. The van der Waals surface area contributed by atoms with Crippen LogP contribution < -0.4 is 0 Å². The summed E-state index contributed by atoms with van der Waals surface area (Å²) in [6, 6.07) is 6.37. The van der Waals surface area contributed by atoms with Crippen molar-refractivity contribution in [3.05, 3.63) is 54.6 Å². The number of benzene rings is 1. The fourth-order valence-corrected chi connectivity index (χ4v) is 2.16. The Morgan fingerprint density at radius 3 is 2.33 bits per heavy atom. The first-order valence-electron chi connectivity index (χ1n) is 5.23. The number of hydrogen-bond acceptors (Lipinski definition) is 1. The van der Waals surface area contributed by atoms with Crippen molar-refractivity contribution in [1.29, 1.82) is 0 Å². The highest BCUT2D eigenvalue weighted by atomic mass is 35.5. The summed E-state index contributed by atoms with van der Waals surface area (Å²) in [5.41, 5.74) is 0.426. The first-order valence-corrected chi connectivity index (χ1v) is 5.67. The Bertz CT molecular complexity index is 482. The highest BCUT2D eigenvalue weighted by Gasteiger charge is 2.45. The molecule has 0 saturated heterocycles. The molecular formula is C12H10ClF3N2. The molecule has 0 radical (unpaired) electrons. The second-order valence-corrected chi connectivity index (χ2v) is 4.28. The van der Waals surface area contributed by atoms with Crippen molar-refractivity contribution in [3.63, 3.8) is 0 Å². The van der Waals surface area contributed by atoms with Gasteiger partial charge < -0.3 is 4.57 Å². The van der Waals surface area contributed by atoms with Crippen molar-refractivity contribution in [1.82, 2.24) is 9.55 Å². The highest BCUT2D eigenvalue weighted by Crippen LogP contribution is 2.43. The van der Waals surface area contributed by atoms with Crippen LogP contribution in [-0.2, 0) is 0 Å². The average molecular weight is 275 g/mol. The van der Waals surface area contributed by atoms with Gasteiger partial charge in [-0.3, -0.25) is 0 Å². The fourth-order valence-electron chi connectivity index (χ4n) is 1.74. The molecule has 1 aromatic heterocycles. The third-order valence-corrected chi connectivity index (χ3v) is 3.07. The zero-order chi connectivity index (χ0) is 13.2. The van der Waals surface area contributed by atoms with E-state index in [-0.39, 0.29) is 0 Å². The van der Waals surface area contributed by atoms with Crippen LogP contribution in [-0.4, -0.2) is 15.7 Å². The Labute approximate surface area is 107 Å². The van der Waals surface area contributed by atoms with E-state index in [0.29, 0.717) is 5.56 Å². The maximum absolute atomic E-state index is 13.1. The van der Waals surface area contributed by atoms with Gasteiger partial charge in [0.05, 0.1) is 11.7 Å². The summed E-state index contributed by atoms with van der Waals surface area (Å²) in [7, 11) is 0. The second kappa shape index (κ2) is 5.02. The Kier molecular flexibility index (Phi) is 3.61. The molecule has 2 aromatic rings. The molecule has 1 heterocycles. The van der Waals surface area contributed by atoms with Crippen molar-refractivity contribution >= 4 is 11.6 Å². The molecule has 2 atom stereocenters. The molecule has 0 fully saturated rings. The average Bonchev–Trinajstić information content (AvgIpc) is 2.82. The van der Waals surface area contributed by atoms with Gasteiger partial charge in [-0.1, -0.05) is 30.3 Å². The lowest BCUT2D eigenvalue weighted by Gasteiger charge is -2.26. The van der Waals surface area contributed by atoms with E-state index in [1.54, 1.807) is 30.3 Å². The molecule has 0 bridgehead atoms. The minimum Gasteiger partial charge on any atom is -0.323 e. The first kappa shape index (κ1) is 13.0. The van der Waals surface area contributed by atoms with E-state index in [4.69, 9.17) is 11.6 Å². The molecule has 0 amide bonds. The van der Waals surface area contributed by atoms with Gasteiger partial charge in [-0.05, 0) is 5.56 Å². The van der Waals surface area contributed by atoms with Crippen LogP contribution in [0, 0.1) is 0 Å². The zero-order valence-electron chi connectivity index (χ0n) is 9.18. The Hall–Kier alpha value is -1.49. The van der Waals surface area contributed by atoms with Gasteiger partial charge in [-0.15, -0.1) is 11.6 Å². The van der Waals surface area contributed by atoms with Crippen molar-refractivity contribution in [2.24, 2.45) is 0 Å². The molecule has 0 N–H and O–H groups in total. The molecular weight excluding hydrogens is 265 g/mol. The molecule has 0 aliphatic rings. The molecule has 0 aliphatic heterocycles. The second-order valence-electron chi connectivity index (χ2n) is 3.81. The number of hydrogen-bond donors (Lipinski definition) is 0. The molecule has 0 aliphatic carbocycles. The van der Waals surface area contributed by atoms with Crippen molar-refractivity contribution in [2.75, 3.05) is 0 Å². The SMILES string of the molecule is FC(F)(F)C(C(Cl)c1ccccc1)n1ccnc1. The van der Waals surface area contributed by atoms with Crippen LogP contribution in [0.4, 0.5) is 13.2 Å². The molecule has 2 nitrogen and oxygen atoms in total. The molecule has 2 rings (SSSR count). The molecule has 2 unspecified atom stereocenters. The number of rotatable bonds is 3. The molecule has 18 heavy (non-hydrogen) atoms. The number of alkyl halides is 4. The summed E-state index contributed by atoms with van der Waals surface area (Å²) in [4.78, 5) is 3.64. The van der Waals surface area contributed by atoms with Gasteiger partial charge in [-0.25, -0.2) is 4.98 Å². The predicted molar refractivity (Wildman–Crippen MR) is 62.4 cm³/mol. The third kappa shape index (κ3) is 2.67.